The molecule has 1 heterocycles. The van der Waals surface area contributed by atoms with E-state index in [9.17, 15) is 4.79 Å². The molecule has 2 rings (SSSR count). The zero-order valence-electron chi connectivity index (χ0n) is 14.2. The number of rotatable bonds is 6. The molecule has 0 saturated carbocycles. The molecular formula is C17H25BrN4O2. The fourth-order valence-corrected chi connectivity index (χ4v) is 2.99. The Morgan fingerprint density at radius 1 is 1.42 bits per heavy atom. The highest BCUT2D eigenvalue weighted by molar-refractivity contribution is 9.10. The molecule has 1 unspecified atom stereocenters. The van der Waals surface area contributed by atoms with Gasteiger partial charge in [-0.1, -0.05) is 15.9 Å². The highest BCUT2D eigenvalue weighted by Crippen LogP contribution is 2.20. The summed E-state index contributed by atoms with van der Waals surface area (Å²) >= 11 is 3.42. The van der Waals surface area contributed by atoms with Crippen molar-refractivity contribution in [2.24, 2.45) is 4.99 Å². The summed E-state index contributed by atoms with van der Waals surface area (Å²) in [5.74, 6) is 0.667. The first-order valence-electron chi connectivity index (χ1n) is 8.20. The maximum absolute atomic E-state index is 12.0. The largest absolute Gasteiger partial charge is 0.376 e. The van der Waals surface area contributed by atoms with Gasteiger partial charge in [0.1, 0.15) is 0 Å². The molecule has 3 N–H and O–H groups in total. The highest BCUT2D eigenvalue weighted by atomic mass is 79.9. The van der Waals surface area contributed by atoms with Gasteiger partial charge in [-0.25, -0.2) is 0 Å². The zero-order chi connectivity index (χ0) is 17.4. The average molecular weight is 397 g/mol. The number of benzene rings is 1. The zero-order valence-corrected chi connectivity index (χ0v) is 15.8. The molecule has 1 aromatic rings. The van der Waals surface area contributed by atoms with Gasteiger partial charge in [-0.05, 0) is 43.5 Å². The molecule has 1 aliphatic heterocycles. The van der Waals surface area contributed by atoms with E-state index in [1.807, 2.05) is 25.1 Å². The first-order chi connectivity index (χ1) is 11.6. The lowest BCUT2D eigenvalue weighted by Gasteiger charge is -2.15. The number of hydrogen-bond acceptors (Lipinski definition) is 3. The molecule has 0 bridgehead atoms. The van der Waals surface area contributed by atoms with Crippen LogP contribution in [-0.4, -0.2) is 44.7 Å². The van der Waals surface area contributed by atoms with Crippen molar-refractivity contribution in [1.29, 1.82) is 0 Å². The molecule has 1 aliphatic rings. The van der Waals surface area contributed by atoms with Crippen LogP contribution in [0.2, 0.25) is 0 Å². The summed E-state index contributed by atoms with van der Waals surface area (Å²) in [4.78, 5) is 16.2. The Morgan fingerprint density at radius 3 is 2.92 bits per heavy atom. The van der Waals surface area contributed by atoms with Crippen molar-refractivity contribution in [3.63, 3.8) is 0 Å². The number of ether oxygens (including phenoxy) is 1. The van der Waals surface area contributed by atoms with Crippen LogP contribution >= 0.6 is 15.9 Å². The minimum absolute atomic E-state index is 0.0255. The molecule has 0 aliphatic carbocycles. The second kappa shape index (κ2) is 9.64. The van der Waals surface area contributed by atoms with Crippen molar-refractivity contribution in [2.45, 2.75) is 32.3 Å². The molecule has 6 nitrogen and oxygen atoms in total. The molecular weight excluding hydrogens is 372 g/mol. The van der Waals surface area contributed by atoms with Crippen LogP contribution in [0.3, 0.4) is 0 Å². The van der Waals surface area contributed by atoms with Gasteiger partial charge in [-0.15, -0.1) is 0 Å². The van der Waals surface area contributed by atoms with E-state index in [4.69, 9.17) is 4.74 Å². The van der Waals surface area contributed by atoms with Crippen LogP contribution in [0.1, 0.15) is 24.8 Å². The Labute approximate surface area is 151 Å². The number of halogens is 1. The summed E-state index contributed by atoms with van der Waals surface area (Å²) in [6.07, 6.45) is 2.83. The number of guanidine groups is 1. The lowest BCUT2D eigenvalue weighted by atomic mass is 10.2. The Hall–Kier alpha value is -1.60. The highest BCUT2D eigenvalue weighted by Gasteiger charge is 2.15. The fourth-order valence-electron chi connectivity index (χ4n) is 2.51. The standard InChI is InChI=1S/C17H25BrN4O2/c1-12-10-13(18)5-6-15(12)22-16(23)7-8-20-17(19-2)21-11-14-4-3-9-24-14/h5-6,10,14H,3-4,7-9,11H2,1-2H3,(H,22,23)(H2,19,20,21). The normalized spacial score (nSPS) is 17.6. The number of nitrogens with one attached hydrogen (secondary N) is 3. The maximum Gasteiger partial charge on any atom is 0.226 e. The quantitative estimate of drug-likeness (QED) is 0.509. The van der Waals surface area contributed by atoms with Crippen LogP contribution in [0.15, 0.2) is 27.7 Å². The smallest absolute Gasteiger partial charge is 0.226 e. The minimum atomic E-state index is -0.0255. The van der Waals surface area contributed by atoms with Crippen molar-refractivity contribution in [3.05, 3.63) is 28.2 Å². The van der Waals surface area contributed by atoms with E-state index in [0.29, 0.717) is 18.9 Å². The number of aryl methyl sites for hydroxylation is 1. The van der Waals surface area contributed by atoms with Crippen molar-refractivity contribution < 1.29 is 9.53 Å². The summed E-state index contributed by atoms with van der Waals surface area (Å²) in [5, 5.41) is 9.30. The van der Waals surface area contributed by atoms with Gasteiger partial charge in [0, 0.05) is 43.3 Å². The van der Waals surface area contributed by atoms with Crippen molar-refractivity contribution in [1.82, 2.24) is 10.6 Å². The third kappa shape index (κ3) is 6.13. The molecule has 1 atom stereocenters. The van der Waals surface area contributed by atoms with Crippen molar-refractivity contribution >= 4 is 33.5 Å². The van der Waals surface area contributed by atoms with E-state index in [-0.39, 0.29) is 12.0 Å². The summed E-state index contributed by atoms with van der Waals surface area (Å²) in [6, 6.07) is 5.79. The number of anilines is 1. The second-order valence-corrected chi connectivity index (χ2v) is 6.69. The molecule has 1 aromatic carbocycles. The predicted octanol–water partition coefficient (Wildman–Crippen LogP) is 2.43. The number of nitrogens with zero attached hydrogens (tertiary/aromatic N) is 1. The third-order valence-corrected chi connectivity index (χ3v) is 4.35. The molecule has 0 spiro atoms. The van der Waals surface area contributed by atoms with Gasteiger partial charge in [0.25, 0.3) is 0 Å². The van der Waals surface area contributed by atoms with Gasteiger partial charge in [0.15, 0.2) is 5.96 Å². The number of hydrogen-bond donors (Lipinski definition) is 3. The van der Waals surface area contributed by atoms with E-state index in [1.165, 1.54) is 0 Å². The van der Waals surface area contributed by atoms with Gasteiger partial charge >= 0.3 is 0 Å². The number of carbonyl (C=O) groups excluding carboxylic acids is 1. The molecule has 1 saturated heterocycles. The van der Waals surface area contributed by atoms with Gasteiger partial charge in [-0.2, -0.15) is 0 Å². The Balaban J connectivity index is 1.68. The summed E-state index contributed by atoms with van der Waals surface area (Å²) < 4.78 is 6.56. The van der Waals surface area contributed by atoms with Crippen molar-refractivity contribution in [3.8, 4) is 0 Å². The van der Waals surface area contributed by atoms with Crippen LogP contribution in [0.4, 0.5) is 5.69 Å². The molecule has 0 aromatic heterocycles. The molecule has 7 heteroatoms. The van der Waals surface area contributed by atoms with Crippen LogP contribution < -0.4 is 16.0 Å². The van der Waals surface area contributed by atoms with Crippen LogP contribution in [0, 0.1) is 6.92 Å². The SMILES string of the molecule is CN=C(NCCC(=O)Nc1ccc(Br)cc1C)NCC1CCCO1. The monoisotopic (exact) mass is 396 g/mol. The van der Waals surface area contributed by atoms with E-state index in [0.717, 1.165) is 41.7 Å². The molecule has 1 amide bonds. The van der Waals surface area contributed by atoms with Gasteiger partial charge in [0.05, 0.1) is 6.10 Å². The lowest BCUT2D eigenvalue weighted by Crippen LogP contribution is -2.41. The lowest BCUT2D eigenvalue weighted by molar-refractivity contribution is -0.116. The predicted molar refractivity (Wildman–Crippen MR) is 100 cm³/mol. The van der Waals surface area contributed by atoms with Crippen LogP contribution in [0.5, 0.6) is 0 Å². The Morgan fingerprint density at radius 2 is 2.25 bits per heavy atom. The molecule has 0 radical (unpaired) electrons. The van der Waals surface area contributed by atoms with Crippen LogP contribution in [0.25, 0.3) is 0 Å². The first kappa shape index (κ1) is 18.7. The summed E-state index contributed by atoms with van der Waals surface area (Å²) in [7, 11) is 1.72. The van der Waals surface area contributed by atoms with Crippen LogP contribution in [-0.2, 0) is 9.53 Å². The third-order valence-electron chi connectivity index (χ3n) is 3.85. The Kier molecular flexibility index (Phi) is 7.52. The van der Waals surface area contributed by atoms with E-state index >= 15 is 0 Å². The Bertz CT molecular complexity index is 586. The molecule has 132 valence electrons. The number of aliphatic imine (C=N–C) groups is 1. The first-order valence-corrected chi connectivity index (χ1v) is 9.00. The topological polar surface area (TPSA) is 74.8 Å². The molecule has 24 heavy (non-hydrogen) atoms. The average Bonchev–Trinajstić information content (AvgIpc) is 3.07. The summed E-state index contributed by atoms with van der Waals surface area (Å²) in [5.41, 5.74) is 1.86. The van der Waals surface area contributed by atoms with E-state index < -0.39 is 0 Å². The molecule has 1 fully saturated rings. The van der Waals surface area contributed by atoms with E-state index in [1.54, 1.807) is 7.05 Å². The maximum atomic E-state index is 12.0. The van der Waals surface area contributed by atoms with E-state index in [2.05, 4.69) is 36.9 Å². The van der Waals surface area contributed by atoms with Crippen molar-refractivity contribution in [2.75, 3.05) is 32.1 Å². The van der Waals surface area contributed by atoms with Gasteiger partial charge in [-0.3, -0.25) is 9.79 Å². The fraction of sp³-hybridized carbons (Fsp3) is 0.529. The van der Waals surface area contributed by atoms with Gasteiger partial charge < -0.3 is 20.7 Å². The van der Waals surface area contributed by atoms with Gasteiger partial charge in [0.2, 0.25) is 5.91 Å². The second-order valence-electron chi connectivity index (χ2n) is 5.77. The number of carbonyl (C=O) groups is 1. The number of amides is 1. The summed E-state index contributed by atoms with van der Waals surface area (Å²) in [6.45, 7) is 4.07. The minimum Gasteiger partial charge on any atom is -0.376 e.